The molecule has 0 saturated heterocycles. The fourth-order valence-electron chi connectivity index (χ4n) is 3.14. The molecule has 0 bridgehead atoms. The number of sulfone groups is 1. The second kappa shape index (κ2) is 6.04. The number of carbonyl (C=O) groups excluding carboxylic acids is 1. The maximum atomic E-state index is 13.0. The van der Waals surface area contributed by atoms with Gasteiger partial charge in [-0.2, -0.15) is 0 Å². The third-order valence-electron chi connectivity index (χ3n) is 4.57. The van der Waals surface area contributed by atoms with Crippen LogP contribution in [0.3, 0.4) is 0 Å². The molecule has 138 valence electrons. The highest BCUT2D eigenvalue weighted by Crippen LogP contribution is 2.44. The molecule has 4 rings (SSSR count). The van der Waals surface area contributed by atoms with Crippen LogP contribution in [0.15, 0.2) is 59.5 Å². The molecule has 1 aliphatic heterocycles. The van der Waals surface area contributed by atoms with Gasteiger partial charge in [0.1, 0.15) is 5.76 Å². The maximum absolute atomic E-state index is 13.0. The highest BCUT2D eigenvalue weighted by atomic mass is 32.2. The lowest BCUT2D eigenvalue weighted by molar-refractivity contribution is -0.125. The van der Waals surface area contributed by atoms with E-state index in [2.05, 4.69) is 0 Å². The van der Waals surface area contributed by atoms with Crippen LogP contribution in [0.4, 0.5) is 0 Å². The van der Waals surface area contributed by atoms with Crippen LogP contribution in [0.25, 0.3) is 21.4 Å². The normalized spacial score (nSPS) is 16.8. The number of benzene rings is 2. The number of thiophene rings is 1. The third kappa shape index (κ3) is 3.09. The summed E-state index contributed by atoms with van der Waals surface area (Å²) in [5, 5.41) is 1.08. The van der Waals surface area contributed by atoms with Crippen LogP contribution in [0.5, 0.6) is 0 Å². The van der Waals surface area contributed by atoms with E-state index < -0.39 is 15.4 Å². The molecule has 0 fully saturated rings. The van der Waals surface area contributed by atoms with Crippen LogP contribution in [0, 0.1) is 0 Å². The predicted octanol–water partition coefficient (Wildman–Crippen LogP) is 4.55. The maximum Gasteiger partial charge on any atom is 0.210 e. The molecule has 1 aliphatic rings. The number of carbonyl (C=O) groups is 1. The molecule has 0 aliphatic carbocycles. The van der Waals surface area contributed by atoms with Crippen molar-refractivity contribution in [1.82, 2.24) is 0 Å². The Morgan fingerprint density at radius 1 is 1.00 bits per heavy atom. The van der Waals surface area contributed by atoms with Gasteiger partial charge in [0.25, 0.3) is 0 Å². The van der Waals surface area contributed by atoms with Crippen molar-refractivity contribution in [3.05, 3.63) is 65.0 Å². The number of Topliss-reactive ketones (excluding diaryl/α,β-unsaturated/α-hetero) is 1. The van der Waals surface area contributed by atoms with E-state index in [1.165, 1.54) is 6.26 Å². The minimum Gasteiger partial charge on any atom is -0.478 e. The first-order chi connectivity index (χ1) is 12.7. The van der Waals surface area contributed by atoms with Crippen LogP contribution >= 0.6 is 11.3 Å². The number of fused-ring (bicyclic) bond motifs is 1. The molecule has 1 aromatic heterocycles. The van der Waals surface area contributed by atoms with E-state index in [9.17, 15) is 13.2 Å². The first kappa shape index (κ1) is 17.9. The summed E-state index contributed by atoms with van der Waals surface area (Å²) in [7, 11) is -3.28. The highest BCUT2D eigenvalue weighted by molar-refractivity contribution is 7.90. The molecule has 0 N–H and O–H groups in total. The van der Waals surface area contributed by atoms with Crippen LogP contribution < -0.4 is 0 Å². The predicted molar refractivity (Wildman–Crippen MR) is 108 cm³/mol. The summed E-state index contributed by atoms with van der Waals surface area (Å²) in [5.41, 5.74) is 0.276. The van der Waals surface area contributed by atoms with Crippen molar-refractivity contribution in [2.24, 2.45) is 0 Å². The average molecular weight is 399 g/mol. The minimum atomic E-state index is -3.28. The monoisotopic (exact) mass is 398 g/mol. The van der Waals surface area contributed by atoms with Gasteiger partial charge in [-0.1, -0.05) is 18.2 Å². The van der Waals surface area contributed by atoms with Crippen molar-refractivity contribution in [2.75, 3.05) is 6.26 Å². The van der Waals surface area contributed by atoms with E-state index in [0.29, 0.717) is 16.9 Å². The molecule has 2 heterocycles. The first-order valence-electron chi connectivity index (χ1n) is 8.44. The van der Waals surface area contributed by atoms with Gasteiger partial charge in [-0.05, 0) is 55.6 Å². The van der Waals surface area contributed by atoms with Crippen LogP contribution in [0.2, 0.25) is 0 Å². The number of rotatable bonds is 3. The van der Waals surface area contributed by atoms with E-state index in [4.69, 9.17) is 4.74 Å². The summed E-state index contributed by atoms with van der Waals surface area (Å²) in [5.74, 6) is 0.424. The number of ether oxygens (including phenoxy) is 1. The second-order valence-corrected chi connectivity index (χ2v) is 10.2. The lowest BCUT2D eigenvalue weighted by Gasteiger charge is -2.17. The van der Waals surface area contributed by atoms with Gasteiger partial charge < -0.3 is 4.74 Å². The minimum absolute atomic E-state index is 0.0729. The van der Waals surface area contributed by atoms with Gasteiger partial charge in [0.15, 0.2) is 15.4 Å². The summed E-state index contributed by atoms with van der Waals surface area (Å²) in [4.78, 5) is 14.1. The lowest BCUT2D eigenvalue weighted by Crippen LogP contribution is -2.29. The molecule has 4 nitrogen and oxygen atoms in total. The molecule has 0 atom stereocenters. The molecule has 3 aromatic rings. The molecular weight excluding hydrogens is 380 g/mol. The Morgan fingerprint density at radius 3 is 2.30 bits per heavy atom. The number of ketones is 1. The standard InChI is InChI=1S/C21H18O4S2/c1-21(2)20(22)18(17-12-14-6-4-5-7-16(14)26-17)19(25-21)13-8-10-15(11-9-13)27(3,23)24/h4-12H,1-3H3. The quantitative estimate of drug-likeness (QED) is 0.649. The second-order valence-electron chi connectivity index (χ2n) is 7.09. The SMILES string of the molecule is CC1(C)OC(c2ccc(S(C)(=O)=O)cc2)=C(c2cc3ccccc3s2)C1=O. The number of hydrogen-bond acceptors (Lipinski definition) is 5. The van der Waals surface area contributed by atoms with Crippen molar-refractivity contribution in [3.8, 4) is 0 Å². The zero-order valence-corrected chi connectivity index (χ0v) is 16.8. The molecule has 0 spiro atoms. The van der Waals surface area contributed by atoms with E-state index in [1.54, 1.807) is 49.4 Å². The summed E-state index contributed by atoms with van der Waals surface area (Å²) in [6, 6.07) is 16.4. The van der Waals surface area contributed by atoms with Crippen LogP contribution in [-0.2, 0) is 19.4 Å². The van der Waals surface area contributed by atoms with Crippen LogP contribution in [-0.4, -0.2) is 26.1 Å². The Morgan fingerprint density at radius 2 is 1.67 bits per heavy atom. The zero-order chi connectivity index (χ0) is 19.4. The Labute approximate surface area is 162 Å². The molecule has 2 aromatic carbocycles. The van der Waals surface area contributed by atoms with Crippen molar-refractivity contribution in [1.29, 1.82) is 0 Å². The topological polar surface area (TPSA) is 60.4 Å². The van der Waals surface area contributed by atoms with Gasteiger partial charge in [0, 0.05) is 21.4 Å². The third-order valence-corrected chi connectivity index (χ3v) is 6.84. The fraction of sp³-hybridized carbons (Fsp3) is 0.190. The first-order valence-corrected chi connectivity index (χ1v) is 11.2. The van der Waals surface area contributed by atoms with Crippen molar-refractivity contribution >= 4 is 48.4 Å². The Balaban J connectivity index is 1.89. The molecule has 6 heteroatoms. The molecular formula is C21H18O4S2. The summed E-state index contributed by atoms with van der Waals surface area (Å²) in [6.45, 7) is 3.50. The van der Waals surface area contributed by atoms with Gasteiger partial charge in [-0.25, -0.2) is 8.42 Å². The van der Waals surface area contributed by atoms with Gasteiger partial charge in [0.2, 0.25) is 5.78 Å². The molecule has 0 amide bonds. The molecule has 0 unspecified atom stereocenters. The zero-order valence-electron chi connectivity index (χ0n) is 15.1. The Hall–Kier alpha value is -2.44. The molecule has 27 heavy (non-hydrogen) atoms. The van der Waals surface area contributed by atoms with E-state index >= 15 is 0 Å². The highest BCUT2D eigenvalue weighted by Gasteiger charge is 2.43. The van der Waals surface area contributed by atoms with E-state index in [1.807, 2.05) is 30.3 Å². The summed E-state index contributed by atoms with van der Waals surface area (Å²) in [6.07, 6.45) is 1.17. The molecule has 0 radical (unpaired) electrons. The lowest BCUT2D eigenvalue weighted by atomic mass is 9.97. The Kier molecular flexibility index (Phi) is 4.01. The van der Waals surface area contributed by atoms with E-state index in [0.717, 1.165) is 15.0 Å². The summed E-state index contributed by atoms with van der Waals surface area (Å²) >= 11 is 1.55. The largest absolute Gasteiger partial charge is 0.478 e. The smallest absolute Gasteiger partial charge is 0.210 e. The van der Waals surface area contributed by atoms with Crippen molar-refractivity contribution < 1.29 is 17.9 Å². The number of hydrogen-bond donors (Lipinski definition) is 0. The summed E-state index contributed by atoms with van der Waals surface area (Å²) < 4.78 is 30.5. The van der Waals surface area contributed by atoms with Gasteiger partial charge in [-0.3, -0.25) is 4.79 Å². The van der Waals surface area contributed by atoms with Crippen molar-refractivity contribution in [2.45, 2.75) is 24.3 Å². The van der Waals surface area contributed by atoms with Gasteiger partial charge in [-0.15, -0.1) is 11.3 Å². The van der Waals surface area contributed by atoms with Crippen LogP contribution in [0.1, 0.15) is 24.3 Å². The molecule has 0 saturated carbocycles. The van der Waals surface area contributed by atoms with Crippen molar-refractivity contribution in [3.63, 3.8) is 0 Å². The fourth-order valence-corrected chi connectivity index (χ4v) is 4.87. The average Bonchev–Trinajstić information content (AvgIpc) is 3.13. The van der Waals surface area contributed by atoms with Gasteiger partial charge >= 0.3 is 0 Å². The van der Waals surface area contributed by atoms with Gasteiger partial charge in [0.05, 0.1) is 10.5 Å². The Bertz CT molecular complexity index is 1160. The van der Waals surface area contributed by atoms with E-state index in [-0.39, 0.29) is 10.7 Å².